The quantitative estimate of drug-likeness (QED) is 0.823. The molecule has 2 aromatic carbocycles. The van der Waals surface area contributed by atoms with Gasteiger partial charge in [0.05, 0.1) is 13.2 Å². The molecule has 0 saturated heterocycles. The highest BCUT2D eigenvalue weighted by atomic mass is 19.1. The number of carbonyl (C=O) groups excluding carboxylic acids is 1. The number of rotatable bonds is 7. The van der Waals surface area contributed by atoms with Gasteiger partial charge < -0.3 is 15.0 Å². The van der Waals surface area contributed by atoms with E-state index in [0.717, 1.165) is 24.2 Å². The molecule has 2 amide bonds. The van der Waals surface area contributed by atoms with Gasteiger partial charge in [0.15, 0.2) is 0 Å². The first-order valence-electron chi connectivity index (χ1n) is 8.67. The van der Waals surface area contributed by atoms with E-state index in [2.05, 4.69) is 5.32 Å². The number of nitrogens with one attached hydrogen (secondary N) is 1. The normalized spacial score (nSPS) is 13.4. The number of para-hydroxylation sites is 1. The molecule has 0 bridgehead atoms. The number of hydrogen-bond acceptors (Lipinski definition) is 2. The number of halogens is 1. The fourth-order valence-electron chi connectivity index (χ4n) is 2.78. The van der Waals surface area contributed by atoms with E-state index in [0.29, 0.717) is 18.7 Å². The van der Waals surface area contributed by atoms with E-state index in [4.69, 9.17) is 4.74 Å². The van der Waals surface area contributed by atoms with E-state index in [9.17, 15) is 9.18 Å². The molecule has 1 fully saturated rings. The van der Waals surface area contributed by atoms with Crippen LogP contribution in [-0.2, 0) is 13.1 Å². The van der Waals surface area contributed by atoms with Crippen molar-refractivity contribution in [2.45, 2.75) is 38.9 Å². The molecule has 3 rings (SSSR count). The van der Waals surface area contributed by atoms with Gasteiger partial charge in [0, 0.05) is 23.7 Å². The summed E-state index contributed by atoms with van der Waals surface area (Å²) in [6.45, 7) is 3.18. The fourth-order valence-corrected chi connectivity index (χ4v) is 2.78. The molecular formula is C20H23FN2O2. The van der Waals surface area contributed by atoms with Crippen LogP contribution in [-0.4, -0.2) is 23.6 Å². The van der Waals surface area contributed by atoms with Gasteiger partial charge >= 0.3 is 6.03 Å². The summed E-state index contributed by atoms with van der Waals surface area (Å²) >= 11 is 0. The zero-order valence-electron chi connectivity index (χ0n) is 14.4. The average Bonchev–Trinajstić information content (AvgIpc) is 3.45. The maximum atomic E-state index is 13.9. The van der Waals surface area contributed by atoms with Gasteiger partial charge in [0.2, 0.25) is 0 Å². The Morgan fingerprint density at radius 1 is 1.16 bits per heavy atom. The molecule has 0 aliphatic heterocycles. The predicted molar refractivity (Wildman–Crippen MR) is 94.8 cm³/mol. The first-order valence-corrected chi connectivity index (χ1v) is 8.67. The van der Waals surface area contributed by atoms with Crippen LogP contribution in [0.4, 0.5) is 9.18 Å². The second-order valence-corrected chi connectivity index (χ2v) is 6.15. The molecule has 0 spiro atoms. The number of hydrogen-bond donors (Lipinski definition) is 1. The molecule has 1 saturated carbocycles. The monoisotopic (exact) mass is 342 g/mol. The predicted octanol–water partition coefficient (Wildman–Crippen LogP) is 4.10. The van der Waals surface area contributed by atoms with E-state index in [1.807, 2.05) is 31.2 Å². The highest BCUT2D eigenvalue weighted by molar-refractivity contribution is 5.75. The molecule has 25 heavy (non-hydrogen) atoms. The van der Waals surface area contributed by atoms with E-state index in [1.165, 1.54) is 6.07 Å². The summed E-state index contributed by atoms with van der Waals surface area (Å²) in [5.74, 6) is 0.500. The lowest BCUT2D eigenvalue weighted by Crippen LogP contribution is -2.40. The number of carbonyl (C=O) groups is 1. The lowest BCUT2D eigenvalue weighted by Gasteiger charge is -2.23. The fraction of sp³-hybridized carbons (Fsp3) is 0.350. The third-order valence-electron chi connectivity index (χ3n) is 4.25. The maximum absolute atomic E-state index is 13.9. The second kappa shape index (κ2) is 8.01. The minimum absolute atomic E-state index is 0.169. The standard InChI is InChI=1S/C20H23FN2O2/c1-2-25-19-10-6-4-7-15(19)13-22-20(24)23(17-11-12-17)14-16-8-3-5-9-18(16)21/h3-10,17H,2,11-14H2,1H3,(H,22,24). The first-order chi connectivity index (χ1) is 12.2. The van der Waals surface area contributed by atoms with Crippen molar-refractivity contribution in [2.24, 2.45) is 0 Å². The summed E-state index contributed by atoms with van der Waals surface area (Å²) < 4.78 is 19.5. The van der Waals surface area contributed by atoms with Gasteiger partial charge in [-0.1, -0.05) is 36.4 Å². The van der Waals surface area contributed by atoms with Crippen LogP contribution in [0.25, 0.3) is 0 Å². The highest BCUT2D eigenvalue weighted by Crippen LogP contribution is 2.29. The van der Waals surface area contributed by atoms with Crippen molar-refractivity contribution in [3.63, 3.8) is 0 Å². The lowest BCUT2D eigenvalue weighted by molar-refractivity contribution is 0.190. The number of nitrogens with zero attached hydrogens (tertiary/aromatic N) is 1. The van der Waals surface area contributed by atoms with Crippen LogP contribution >= 0.6 is 0 Å². The van der Waals surface area contributed by atoms with Gasteiger partial charge in [-0.05, 0) is 31.9 Å². The van der Waals surface area contributed by atoms with Gasteiger partial charge in [-0.15, -0.1) is 0 Å². The molecule has 5 heteroatoms. The molecule has 0 atom stereocenters. The number of ether oxygens (including phenoxy) is 1. The summed E-state index contributed by atoms with van der Waals surface area (Å²) in [4.78, 5) is 14.4. The Morgan fingerprint density at radius 2 is 1.84 bits per heavy atom. The van der Waals surface area contributed by atoms with Crippen molar-refractivity contribution in [2.75, 3.05) is 6.61 Å². The van der Waals surface area contributed by atoms with Crippen molar-refractivity contribution >= 4 is 6.03 Å². The molecule has 1 aliphatic carbocycles. The van der Waals surface area contributed by atoms with E-state index < -0.39 is 0 Å². The molecule has 1 aliphatic rings. The average molecular weight is 342 g/mol. The largest absolute Gasteiger partial charge is 0.494 e. The topological polar surface area (TPSA) is 41.6 Å². The number of amides is 2. The van der Waals surface area contributed by atoms with Crippen molar-refractivity contribution in [3.8, 4) is 5.75 Å². The Hall–Kier alpha value is -2.56. The van der Waals surface area contributed by atoms with Crippen LogP contribution < -0.4 is 10.1 Å². The van der Waals surface area contributed by atoms with Crippen LogP contribution in [0.3, 0.4) is 0 Å². The molecule has 0 heterocycles. The van der Waals surface area contributed by atoms with E-state index >= 15 is 0 Å². The van der Waals surface area contributed by atoms with E-state index in [1.54, 1.807) is 23.1 Å². The third-order valence-corrected chi connectivity index (χ3v) is 4.25. The lowest BCUT2D eigenvalue weighted by atomic mass is 10.2. The first kappa shape index (κ1) is 17.3. The maximum Gasteiger partial charge on any atom is 0.318 e. The molecule has 0 aromatic heterocycles. The van der Waals surface area contributed by atoms with Crippen molar-refractivity contribution < 1.29 is 13.9 Å². The van der Waals surface area contributed by atoms with Gasteiger partial charge in [0.1, 0.15) is 11.6 Å². The Labute approximate surface area is 147 Å². The molecule has 132 valence electrons. The SMILES string of the molecule is CCOc1ccccc1CNC(=O)N(Cc1ccccc1F)C1CC1. The Kier molecular flexibility index (Phi) is 5.53. The molecule has 1 N–H and O–H groups in total. The third kappa shape index (κ3) is 4.50. The summed E-state index contributed by atoms with van der Waals surface area (Å²) in [5.41, 5.74) is 1.47. The van der Waals surface area contributed by atoms with E-state index in [-0.39, 0.29) is 24.4 Å². The van der Waals surface area contributed by atoms with Crippen molar-refractivity contribution in [1.29, 1.82) is 0 Å². The second-order valence-electron chi connectivity index (χ2n) is 6.15. The smallest absolute Gasteiger partial charge is 0.318 e. The van der Waals surface area contributed by atoms with Gasteiger partial charge in [-0.25, -0.2) is 9.18 Å². The summed E-state index contributed by atoms with van der Waals surface area (Å²) in [7, 11) is 0. The van der Waals surface area contributed by atoms with Crippen LogP contribution in [0.15, 0.2) is 48.5 Å². The molecule has 0 unspecified atom stereocenters. The molecular weight excluding hydrogens is 319 g/mol. The zero-order valence-corrected chi connectivity index (χ0v) is 14.4. The van der Waals surface area contributed by atoms with Gasteiger partial charge in [0.25, 0.3) is 0 Å². The van der Waals surface area contributed by atoms with Crippen LogP contribution in [0.2, 0.25) is 0 Å². The minimum atomic E-state index is -0.275. The van der Waals surface area contributed by atoms with Crippen molar-refractivity contribution in [3.05, 3.63) is 65.5 Å². The van der Waals surface area contributed by atoms with Crippen LogP contribution in [0.5, 0.6) is 5.75 Å². The number of urea groups is 1. The van der Waals surface area contributed by atoms with Gasteiger partial charge in [-0.2, -0.15) is 0 Å². The highest BCUT2D eigenvalue weighted by Gasteiger charge is 2.33. The molecule has 2 aromatic rings. The minimum Gasteiger partial charge on any atom is -0.494 e. The zero-order chi connectivity index (χ0) is 17.6. The Morgan fingerprint density at radius 3 is 2.52 bits per heavy atom. The van der Waals surface area contributed by atoms with Gasteiger partial charge in [-0.3, -0.25) is 0 Å². The summed E-state index contributed by atoms with van der Waals surface area (Å²) in [5, 5.41) is 2.94. The van der Waals surface area contributed by atoms with Crippen LogP contribution in [0.1, 0.15) is 30.9 Å². The summed E-state index contributed by atoms with van der Waals surface area (Å²) in [6, 6.07) is 14.3. The molecule has 4 nitrogen and oxygen atoms in total. The van der Waals surface area contributed by atoms with Crippen LogP contribution in [0, 0.1) is 5.82 Å². The Bertz CT molecular complexity index is 731. The Balaban J connectivity index is 1.65. The summed E-state index contributed by atoms with van der Waals surface area (Å²) in [6.07, 6.45) is 1.94. The van der Waals surface area contributed by atoms with Crippen molar-refractivity contribution in [1.82, 2.24) is 10.2 Å². The molecule has 0 radical (unpaired) electrons. The number of benzene rings is 2.